The van der Waals surface area contributed by atoms with Crippen LogP contribution in [0.4, 0.5) is 0 Å². The standard InChI is InChI=1S/C10H8ClNO2S/c1-6-7(2-3-14-6)10-12-8(5-15-10)9(13)4-11/h2-3,5H,4H2,1H3. The first kappa shape index (κ1) is 10.4. The summed E-state index contributed by atoms with van der Waals surface area (Å²) in [5.41, 5.74) is 1.35. The van der Waals surface area contributed by atoms with E-state index in [1.54, 1.807) is 11.6 Å². The topological polar surface area (TPSA) is 43.1 Å². The number of ketones is 1. The number of aryl methyl sites for hydroxylation is 1. The maximum absolute atomic E-state index is 11.3. The number of furan rings is 1. The molecule has 0 fully saturated rings. The lowest BCUT2D eigenvalue weighted by Gasteiger charge is -1.91. The molecular weight excluding hydrogens is 234 g/mol. The van der Waals surface area contributed by atoms with Gasteiger partial charge in [0.1, 0.15) is 16.5 Å². The third-order valence-electron chi connectivity index (χ3n) is 2.00. The highest BCUT2D eigenvalue weighted by molar-refractivity contribution is 7.13. The third-order valence-corrected chi connectivity index (χ3v) is 3.12. The van der Waals surface area contributed by atoms with Crippen LogP contribution < -0.4 is 0 Å². The Hall–Kier alpha value is -1.13. The zero-order valence-corrected chi connectivity index (χ0v) is 9.56. The molecule has 2 aromatic rings. The number of carbonyl (C=O) groups is 1. The van der Waals surface area contributed by atoms with Crippen molar-refractivity contribution >= 4 is 28.7 Å². The van der Waals surface area contributed by atoms with Gasteiger partial charge in [0.2, 0.25) is 0 Å². The number of halogens is 1. The van der Waals surface area contributed by atoms with Gasteiger partial charge in [-0.05, 0) is 13.0 Å². The van der Waals surface area contributed by atoms with Crippen LogP contribution in [0.5, 0.6) is 0 Å². The Morgan fingerprint density at radius 2 is 2.47 bits per heavy atom. The summed E-state index contributed by atoms with van der Waals surface area (Å²) in [5.74, 6) is 0.614. The molecule has 0 aliphatic heterocycles. The van der Waals surface area contributed by atoms with Crippen LogP contribution in [0.25, 0.3) is 10.6 Å². The van der Waals surface area contributed by atoms with Crippen LogP contribution in [0.3, 0.4) is 0 Å². The summed E-state index contributed by atoms with van der Waals surface area (Å²) in [6.45, 7) is 1.86. The summed E-state index contributed by atoms with van der Waals surface area (Å²) in [5, 5.41) is 2.50. The van der Waals surface area contributed by atoms with Crippen molar-refractivity contribution in [1.82, 2.24) is 4.98 Å². The highest BCUT2D eigenvalue weighted by Crippen LogP contribution is 2.27. The first-order valence-electron chi connectivity index (χ1n) is 4.31. The third kappa shape index (κ3) is 1.96. The average molecular weight is 242 g/mol. The van der Waals surface area contributed by atoms with E-state index in [9.17, 15) is 4.79 Å². The summed E-state index contributed by atoms with van der Waals surface area (Å²) in [6.07, 6.45) is 1.61. The number of hydrogen-bond donors (Lipinski definition) is 0. The second-order valence-electron chi connectivity index (χ2n) is 2.99. The maximum atomic E-state index is 11.3. The molecule has 0 saturated heterocycles. The van der Waals surface area contributed by atoms with Gasteiger partial charge in [-0.15, -0.1) is 22.9 Å². The van der Waals surface area contributed by atoms with Crippen LogP contribution in [-0.4, -0.2) is 16.6 Å². The summed E-state index contributed by atoms with van der Waals surface area (Å²) in [6, 6.07) is 1.84. The predicted molar refractivity (Wildman–Crippen MR) is 59.6 cm³/mol. The molecule has 0 N–H and O–H groups in total. The molecular formula is C10H8ClNO2S. The van der Waals surface area contributed by atoms with Crippen LogP contribution in [0, 0.1) is 6.92 Å². The normalized spacial score (nSPS) is 10.5. The Labute approximate surface area is 95.7 Å². The molecule has 0 saturated carbocycles. The van der Waals surface area contributed by atoms with Crippen molar-refractivity contribution < 1.29 is 9.21 Å². The lowest BCUT2D eigenvalue weighted by atomic mass is 10.3. The first-order valence-corrected chi connectivity index (χ1v) is 5.73. The Kier molecular flexibility index (Phi) is 2.88. The van der Waals surface area contributed by atoms with Crippen LogP contribution in [-0.2, 0) is 0 Å². The SMILES string of the molecule is Cc1occc1-c1nc(C(=O)CCl)cs1. The van der Waals surface area contributed by atoms with Gasteiger partial charge in [-0.1, -0.05) is 0 Å². The molecule has 15 heavy (non-hydrogen) atoms. The van der Waals surface area contributed by atoms with Gasteiger partial charge in [-0.2, -0.15) is 0 Å². The molecule has 5 heteroatoms. The van der Waals surface area contributed by atoms with Crippen molar-refractivity contribution in [3.63, 3.8) is 0 Å². The first-order chi connectivity index (χ1) is 7.22. The summed E-state index contributed by atoms with van der Waals surface area (Å²) >= 11 is 6.86. The fourth-order valence-electron chi connectivity index (χ4n) is 1.20. The van der Waals surface area contributed by atoms with E-state index < -0.39 is 0 Å². The van der Waals surface area contributed by atoms with E-state index in [2.05, 4.69) is 4.98 Å². The van der Waals surface area contributed by atoms with Crippen molar-refractivity contribution in [3.05, 3.63) is 29.2 Å². The Bertz CT molecular complexity index is 489. The van der Waals surface area contributed by atoms with Gasteiger partial charge in [-0.3, -0.25) is 4.79 Å². The van der Waals surface area contributed by atoms with Crippen LogP contribution in [0.2, 0.25) is 0 Å². The van der Waals surface area contributed by atoms with E-state index in [1.807, 2.05) is 13.0 Å². The summed E-state index contributed by atoms with van der Waals surface area (Å²) in [7, 11) is 0. The Balaban J connectivity index is 2.36. The highest BCUT2D eigenvalue weighted by Gasteiger charge is 2.13. The van der Waals surface area contributed by atoms with Gasteiger partial charge in [-0.25, -0.2) is 4.98 Å². The number of aromatic nitrogens is 1. The second kappa shape index (κ2) is 4.16. The van der Waals surface area contributed by atoms with E-state index in [0.717, 1.165) is 16.3 Å². The van der Waals surface area contributed by atoms with Crippen molar-refractivity contribution in [2.24, 2.45) is 0 Å². The number of hydrogen-bond acceptors (Lipinski definition) is 4. The Morgan fingerprint density at radius 3 is 3.07 bits per heavy atom. The van der Waals surface area contributed by atoms with Gasteiger partial charge in [0.15, 0.2) is 5.78 Å². The van der Waals surface area contributed by atoms with E-state index in [-0.39, 0.29) is 11.7 Å². The van der Waals surface area contributed by atoms with Crippen LogP contribution >= 0.6 is 22.9 Å². The number of rotatable bonds is 3. The quantitative estimate of drug-likeness (QED) is 0.613. The molecule has 78 valence electrons. The van der Waals surface area contributed by atoms with Gasteiger partial charge in [0.25, 0.3) is 0 Å². The maximum Gasteiger partial charge on any atom is 0.196 e. The molecule has 0 spiro atoms. The average Bonchev–Trinajstić information content (AvgIpc) is 2.84. The minimum absolute atomic E-state index is 0.0342. The molecule has 0 aliphatic rings. The van der Waals surface area contributed by atoms with E-state index in [1.165, 1.54) is 11.3 Å². The predicted octanol–water partition coefficient (Wildman–Crippen LogP) is 3.13. The van der Waals surface area contributed by atoms with Crippen LogP contribution in [0.1, 0.15) is 16.2 Å². The van der Waals surface area contributed by atoms with Crippen LogP contribution in [0.15, 0.2) is 22.1 Å². The lowest BCUT2D eigenvalue weighted by molar-refractivity contribution is 0.101. The fraction of sp³-hybridized carbons (Fsp3) is 0.200. The molecule has 0 atom stereocenters. The molecule has 0 bridgehead atoms. The van der Waals surface area contributed by atoms with Crippen molar-refractivity contribution in [1.29, 1.82) is 0 Å². The van der Waals surface area contributed by atoms with Gasteiger partial charge < -0.3 is 4.42 Å². The van der Waals surface area contributed by atoms with Gasteiger partial charge in [0, 0.05) is 5.38 Å². The minimum Gasteiger partial charge on any atom is -0.469 e. The molecule has 0 radical (unpaired) electrons. The monoisotopic (exact) mass is 241 g/mol. The molecule has 0 aromatic carbocycles. The number of Topliss-reactive ketones (excluding diaryl/α,β-unsaturated/α-hetero) is 1. The fourth-order valence-corrected chi connectivity index (χ4v) is 2.23. The highest BCUT2D eigenvalue weighted by atomic mass is 35.5. The van der Waals surface area contributed by atoms with E-state index >= 15 is 0 Å². The number of carbonyl (C=O) groups excluding carboxylic acids is 1. The smallest absolute Gasteiger partial charge is 0.196 e. The molecule has 2 heterocycles. The molecule has 2 aromatic heterocycles. The number of alkyl halides is 1. The van der Waals surface area contributed by atoms with Gasteiger partial charge >= 0.3 is 0 Å². The summed E-state index contributed by atoms with van der Waals surface area (Å²) < 4.78 is 5.17. The van der Waals surface area contributed by atoms with Crippen molar-refractivity contribution in [3.8, 4) is 10.6 Å². The zero-order chi connectivity index (χ0) is 10.8. The molecule has 0 amide bonds. The Morgan fingerprint density at radius 1 is 1.67 bits per heavy atom. The van der Waals surface area contributed by atoms with Gasteiger partial charge in [0.05, 0.1) is 17.7 Å². The summed E-state index contributed by atoms with van der Waals surface area (Å²) in [4.78, 5) is 15.5. The van der Waals surface area contributed by atoms with Crippen molar-refractivity contribution in [2.45, 2.75) is 6.92 Å². The number of nitrogens with zero attached hydrogens (tertiary/aromatic N) is 1. The molecule has 0 aliphatic carbocycles. The van der Waals surface area contributed by atoms with E-state index in [0.29, 0.717) is 5.69 Å². The minimum atomic E-state index is -0.152. The molecule has 3 nitrogen and oxygen atoms in total. The molecule has 2 rings (SSSR count). The lowest BCUT2D eigenvalue weighted by Crippen LogP contribution is -1.99. The largest absolute Gasteiger partial charge is 0.469 e. The van der Waals surface area contributed by atoms with Crippen molar-refractivity contribution in [2.75, 3.05) is 5.88 Å². The zero-order valence-electron chi connectivity index (χ0n) is 7.99. The van der Waals surface area contributed by atoms with E-state index in [4.69, 9.17) is 16.0 Å². The second-order valence-corrected chi connectivity index (χ2v) is 4.11. The molecule has 0 unspecified atom stereocenters. The number of thiazole rings is 1.